The van der Waals surface area contributed by atoms with Crippen LogP contribution < -0.4 is 5.32 Å². The molecule has 1 aliphatic rings. The summed E-state index contributed by atoms with van der Waals surface area (Å²) in [6.45, 7) is 5.11. The Morgan fingerprint density at radius 3 is 2.73 bits per heavy atom. The highest BCUT2D eigenvalue weighted by Crippen LogP contribution is 2.27. The molecule has 1 fully saturated rings. The molecule has 2 amide bonds. The molecule has 178 valence electrons. The molecule has 12 heteroatoms. The van der Waals surface area contributed by atoms with Crippen molar-refractivity contribution in [1.82, 2.24) is 29.4 Å². The fourth-order valence-electron chi connectivity index (χ4n) is 3.76. The number of fused-ring (bicyclic) bond motifs is 1. The van der Waals surface area contributed by atoms with Crippen LogP contribution in [0.2, 0.25) is 0 Å². The normalized spacial score (nSPS) is 15.2. The zero-order valence-electron chi connectivity index (χ0n) is 18.8. The Bertz CT molecular complexity index is 1130. The van der Waals surface area contributed by atoms with E-state index in [1.807, 2.05) is 11.6 Å². The Hall–Kier alpha value is -2.92. The van der Waals surface area contributed by atoms with Gasteiger partial charge in [-0.15, -0.1) is 23.7 Å². The van der Waals surface area contributed by atoms with Gasteiger partial charge in [0.1, 0.15) is 16.3 Å². The molecule has 0 spiro atoms. The highest BCUT2D eigenvalue weighted by Gasteiger charge is 2.29. The fraction of sp³-hybridized carbons (Fsp3) is 0.476. The van der Waals surface area contributed by atoms with Gasteiger partial charge in [-0.05, 0) is 26.2 Å². The number of rotatable bonds is 6. The number of nitrogens with one attached hydrogen (secondary N) is 1. The van der Waals surface area contributed by atoms with Crippen molar-refractivity contribution in [2.75, 3.05) is 25.5 Å². The second kappa shape index (κ2) is 10.3. The number of carboxylic acid groups (broad SMARTS) is 1. The van der Waals surface area contributed by atoms with Crippen LogP contribution in [0, 0.1) is 0 Å². The lowest BCUT2D eigenvalue weighted by molar-refractivity contribution is 0.0638. The molecule has 0 radical (unpaired) electrons. The zero-order chi connectivity index (χ0) is 22.8. The summed E-state index contributed by atoms with van der Waals surface area (Å²) in [7, 11) is 1.57. The van der Waals surface area contributed by atoms with Crippen molar-refractivity contribution in [3.05, 3.63) is 29.5 Å². The van der Waals surface area contributed by atoms with Crippen LogP contribution in [-0.2, 0) is 0 Å². The average molecular weight is 494 g/mol. The highest BCUT2D eigenvalue weighted by molar-refractivity contribution is 7.16. The van der Waals surface area contributed by atoms with E-state index < -0.39 is 6.09 Å². The minimum atomic E-state index is -0.947. The third-order valence-electron chi connectivity index (χ3n) is 5.93. The first-order valence-electron chi connectivity index (χ1n) is 10.7. The quantitative estimate of drug-likeness (QED) is 0.537. The SMILES string of the molecule is CC[C@@H](C)Nc1cc(C(=O)N2CCC(N(C)C(=O)O)CC2)nc(-c2cnn3ccsc23)n1.Cl. The van der Waals surface area contributed by atoms with E-state index in [9.17, 15) is 14.7 Å². The van der Waals surface area contributed by atoms with Crippen LogP contribution in [0.5, 0.6) is 0 Å². The van der Waals surface area contributed by atoms with Gasteiger partial charge in [0.05, 0.1) is 11.8 Å². The topological polar surface area (TPSA) is 116 Å². The molecule has 4 rings (SSSR count). The second-order valence-corrected chi connectivity index (χ2v) is 8.94. The van der Waals surface area contributed by atoms with E-state index in [0.29, 0.717) is 43.3 Å². The average Bonchev–Trinajstić information content (AvgIpc) is 3.42. The molecule has 0 saturated carbocycles. The minimum absolute atomic E-state index is 0. The Labute approximate surface area is 202 Å². The number of nitrogens with zero attached hydrogens (tertiary/aromatic N) is 6. The van der Waals surface area contributed by atoms with Gasteiger partial charge in [-0.1, -0.05) is 6.92 Å². The van der Waals surface area contributed by atoms with E-state index in [0.717, 1.165) is 16.8 Å². The van der Waals surface area contributed by atoms with Gasteiger partial charge in [-0.25, -0.2) is 19.3 Å². The van der Waals surface area contributed by atoms with Gasteiger partial charge in [0.2, 0.25) is 0 Å². The number of anilines is 1. The first kappa shape index (κ1) is 24.7. The van der Waals surface area contributed by atoms with Crippen molar-refractivity contribution in [2.24, 2.45) is 0 Å². The minimum Gasteiger partial charge on any atom is -0.465 e. The lowest BCUT2D eigenvalue weighted by Crippen LogP contribution is -2.47. The molecule has 33 heavy (non-hydrogen) atoms. The Kier molecular flexibility index (Phi) is 7.75. The fourth-order valence-corrected chi connectivity index (χ4v) is 4.55. The summed E-state index contributed by atoms with van der Waals surface area (Å²) in [5.74, 6) is 0.885. The van der Waals surface area contributed by atoms with Crippen molar-refractivity contribution in [2.45, 2.75) is 45.2 Å². The molecule has 1 aliphatic heterocycles. The van der Waals surface area contributed by atoms with Crippen molar-refractivity contribution < 1.29 is 14.7 Å². The molecule has 0 aliphatic carbocycles. The zero-order valence-corrected chi connectivity index (χ0v) is 20.4. The first-order valence-corrected chi connectivity index (χ1v) is 11.6. The largest absolute Gasteiger partial charge is 0.465 e. The van der Waals surface area contributed by atoms with E-state index in [1.165, 1.54) is 16.2 Å². The van der Waals surface area contributed by atoms with Gasteiger partial charge in [-0.3, -0.25) is 4.79 Å². The molecule has 10 nitrogen and oxygen atoms in total. The summed E-state index contributed by atoms with van der Waals surface area (Å²) < 4.78 is 1.77. The molecule has 4 heterocycles. The Balaban J connectivity index is 0.00000306. The highest BCUT2D eigenvalue weighted by atomic mass is 35.5. The van der Waals surface area contributed by atoms with Crippen LogP contribution in [0.3, 0.4) is 0 Å². The number of hydrogen-bond donors (Lipinski definition) is 2. The molecule has 0 unspecified atom stereocenters. The van der Waals surface area contributed by atoms with Crippen LogP contribution in [0.4, 0.5) is 10.6 Å². The lowest BCUT2D eigenvalue weighted by atomic mass is 10.0. The molecule has 1 saturated heterocycles. The standard InChI is InChI=1S/C21H27N7O3S.ClH/c1-4-13(2)23-17-11-16(19(29)27-7-5-14(6-8-27)26(3)21(30)31)24-18(25-17)15-12-22-28-9-10-32-20(15)28;/h9-14H,4-8H2,1-3H3,(H,30,31)(H,23,24,25);1H/t13-;/m1./s1. The van der Waals surface area contributed by atoms with Gasteiger partial charge in [0.25, 0.3) is 5.91 Å². The van der Waals surface area contributed by atoms with Crippen molar-refractivity contribution in [3.63, 3.8) is 0 Å². The predicted octanol–water partition coefficient (Wildman–Crippen LogP) is 3.70. The van der Waals surface area contributed by atoms with Gasteiger partial charge >= 0.3 is 6.09 Å². The van der Waals surface area contributed by atoms with Gasteiger partial charge in [0, 0.05) is 49.9 Å². The van der Waals surface area contributed by atoms with Gasteiger partial charge in [0.15, 0.2) is 5.82 Å². The van der Waals surface area contributed by atoms with Crippen LogP contribution in [0.25, 0.3) is 16.2 Å². The Morgan fingerprint density at radius 1 is 1.33 bits per heavy atom. The number of thiazole rings is 1. The maximum absolute atomic E-state index is 13.3. The smallest absolute Gasteiger partial charge is 0.407 e. The number of hydrogen-bond acceptors (Lipinski definition) is 7. The summed E-state index contributed by atoms with van der Waals surface area (Å²) in [6.07, 6.45) is 4.76. The van der Waals surface area contributed by atoms with E-state index in [-0.39, 0.29) is 30.4 Å². The number of likely N-dealkylation sites (tertiary alicyclic amines) is 1. The van der Waals surface area contributed by atoms with E-state index in [1.54, 1.807) is 28.7 Å². The van der Waals surface area contributed by atoms with Crippen LogP contribution in [0.15, 0.2) is 23.8 Å². The number of aromatic nitrogens is 4. The molecule has 2 N–H and O–H groups in total. The number of carbonyl (C=O) groups is 2. The lowest BCUT2D eigenvalue weighted by Gasteiger charge is -2.35. The van der Waals surface area contributed by atoms with E-state index in [2.05, 4.69) is 34.2 Å². The molecule has 0 aromatic carbocycles. The van der Waals surface area contributed by atoms with Crippen molar-refractivity contribution in [3.8, 4) is 11.4 Å². The predicted molar refractivity (Wildman–Crippen MR) is 129 cm³/mol. The molecular formula is C21H28ClN7O3S. The van der Waals surface area contributed by atoms with E-state index in [4.69, 9.17) is 0 Å². The summed E-state index contributed by atoms with van der Waals surface area (Å²) in [5.41, 5.74) is 1.10. The Morgan fingerprint density at radius 2 is 2.06 bits per heavy atom. The van der Waals surface area contributed by atoms with Crippen molar-refractivity contribution >= 4 is 46.4 Å². The number of halogens is 1. The summed E-state index contributed by atoms with van der Waals surface area (Å²) in [5, 5.41) is 18.8. The molecule has 3 aromatic rings. The van der Waals surface area contributed by atoms with Crippen LogP contribution in [0.1, 0.15) is 43.6 Å². The third-order valence-corrected chi connectivity index (χ3v) is 6.81. The number of carbonyl (C=O) groups excluding carboxylic acids is 1. The number of amides is 2. The van der Waals surface area contributed by atoms with Crippen LogP contribution in [-0.4, -0.2) is 78.7 Å². The van der Waals surface area contributed by atoms with Gasteiger partial charge < -0.3 is 20.2 Å². The maximum atomic E-state index is 13.3. The molecular weight excluding hydrogens is 466 g/mol. The second-order valence-electron chi connectivity index (χ2n) is 8.04. The third kappa shape index (κ3) is 5.19. The summed E-state index contributed by atoms with van der Waals surface area (Å²) in [4.78, 5) is 37.8. The molecule has 1 atom stereocenters. The monoisotopic (exact) mass is 493 g/mol. The van der Waals surface area contributed by atoms with Crippen LogP contribution >= 0.6 is 23.7 Å². The summed E-state index contributed by atoms with van der Waals surface area (Å²) >= 11 is 1.54. The van der Waals surface area contributed by atoms with E-state index >= 15 is 0 Å². The number of piperidine rings is 1. The maximum Gasteiger partial charge on any atom is 0.407 e. The molecule has 3 aromatic heterocycles. The molecule has 0 bridgehead atoms. The first-order chi connectivity index (χ1) is 15.4. The van der Waals surface area contributed by atoms with Crippen molar-refractivity contribution in [1.29, 1.82) is 0 Å². The summed E-state index contributed by atoms with van der Waals surface area (Å²) in [6, 6.07) is 1.80. The van der Waals surface area contributed by atoms with Gasteiger partial charge in [-0.2, -0.15) is 5.10 Å².